The summed E-state index contributed by atoms with van der Waals surface area (Å²) in [5, 5.41) is 18.3. The highest BCUT2D eigenvalue weighted by Crippen LogP contribution is 2.33. The summed E-state index contributed by atoms with van der Waals surface area (Å²) in [6.07, 6.45) is -5.98. The van der Waals surface area contributed by atoms with Crippen LogP contribution in [0.25, 0.3) is 0 Å². The van der Waals surface area contributed by atoms with E-state index >= 15 is 0 Å². The first kappa shape index (κ1) is 17.0. The monoisotopic (exact) mass is 294 g/mol. The van der Waals surface area contributed by atoms with E-state index in [2.05, 4.69) is 0 Å². The Hall–Kier alpha value is -2.01. The fraction of sp³-hybridized carbons (Fsp3) is 0.500. The fourth-order valence-corrected chi connectivity index (χ4v) is 2.03. The second-order valence-electron chi connectivity index (χ2n) is 5.49. The van der Waals surface area contributed by atoms with Crippen LogP contribution in [0.15, 0.2) is 24.3 Å². The maximum Gasteiger partial charge on any atom is 0.389 e. The van der Waals surface area contributed by atoms with Crippen molar-refractivity contribution in [1.82, 2.24) is 0 Å². The van der Waals surface area contributed by atoms with Crippen LogP contribution in [0.3, 0.4) is 0 Å². The summed E-state index contributed by atoms with van der Waals surface area (Å²) in [6.45, 7) is 4.07. The number of benzene rings is 1. The third-order valence-corrected chi connectivity index (χ3v) is 3.42. The molecule has 0 heterocycles. The van der Waals surface area contributed by atoms with E-state index in [9.17, 15) is 13.2 Å². The molecule has 0 atom stereocenters. The van der Waals surface area contributed by atoms with Crippen LogP contribution in [0.5, 0.6) is 0 Å². The van der Waals surface area contributed by atoms with Crippen LogP contribution in [-0.4, -0.2) is 6.18 Å². The Balaban J connectivity index is 2.88. The number of hydrogen-bond acceptors (Lipinski definition) is 2. The predicted octanol–water partition coefficient (Wildman–Crippen LogP) is 4.73. The zero-order chi connectivity index (χ0) is 16.1. The van der Waals surface area contributed by atoms with E-state index in [0.717, 1.165) is 5.56 Å². The Bertz CT molecular complexity index is 531. The molecule has 21 heavy (non-hydrogen) atoms. The Morgan fingerprint density at radius 1 is 1.00 bits per heavy atom. The zero-order valence-corrected chi connectivity index (χ0v) is 12.0. The van der Waals surface area contributed by atoms with Crippen LogP contribution >= 0.6 is 0 Å². The first-order chi connectivity index (χ1) is 9.71. The van der Waals surface area contributed by atoms with Crippen molar-refractivity contribution in [2.24, 2.45) is 5.41 Å². The number of rotatable bonds is 5. The summed E-state index contributed by atoms with van der Waals surface area (Å²) in [4.78, 5) is 0. The number of nitrogens with zero attached hydrogens (tertiary/aromatic N) is 2. The normalized spacial score (nSPS) is 12.0. The van der Waals surface area contributed by atoms with Crippen molar-refractivity contribution in [1.29, 1.82) is 10.5 Å². The molecule has 2 nitrogen and oxygen atoms in total. The summed E-state index contributed by atoms with van der Waals surface area (Å²) in [5.74, 6) is 0.348. The molecule has 0 aromatic heterocycles. The SMILES string of the molecule is CC(C)c1ccc(CC(C#N)(C#N)CCC(F)(F)F)cc1. The van der Waals surface area contributed by atoms with E-state index in [1.807, 2.05) is 26.0 Å². The number of hydrogen-bond donors (Lipinski definition) is 0. The summed E-state index contributed by atoms with van der Waals surface area (Å²) < 4.78 is 37.0. The van der Waals surface area contributed by atoms with Crippen LogP contribution in [0, 0.1) is 28.1 Å². The molecule has 0 aliphatic carbocycles. The van der Waals surface area contributed by atoms with Crippen LogP contribution in [-0.2, 0) is 6.42 Å². The zero-order valence-electron chi connectivity index (χ0n) is 12.0. The van der Waals surface area contributed by atoms with Crippen molar-refractivity contribution in [3.05, 3.63) is 35.4 Å². The van der Waals surface area contributed by atoms with Crippen LogP contribution in [0.1, 0.15) is 43.7 Å². The lowest BCUT2D eigenvalue weighted by Gasteiger charge is -2.19. The van der Waals surface area contributed by atoms with Gasteiger partial charge >= 0.3 is 6.18 Å². The number of nitriles is 2. The Morgan fingerprint density at radius 2 is 1.52 bits per heavy atom. The van der Waals surface area contributed by atoms with E-state index < -0.39 is 24.4 Å². The third kappa shape index (κ3) is 5.11. The summed E-state index contributed by atoms with van der Waals surface area (Å²) >= 11 is 0. The second kappa shape index (κ2) is 6.63. The van der Waals surface area contributed by atoms with Crippen LogP contribution in [0.4, 0.5) is 13.2 Å². The minimum absolute atomic E-state index is 0.00839. The molecule has 0 saturated heterocycles. The molecule has 1 aromatic rings. The van der Waals surface area contributed by atoms with E-state index in [4.69, 9.17) is 10.5 Å². The lowest BCUT2D eigenvalue weighted by molar-refractivity contribution is -0.138. The molecule has 0 N–H and O–H groups in total. The minimum atomic E-state index is -4.36. The van der Waals surface area contributed by atoms with Gasteiger partial charge in [-0.1, -0.05) is 38.1 Å². The third-order valence-electron chi connectivity index (χ3n) is 3.42. The van der Waals surface area contributed by atoms with Gasteiger partial charge in [0.05, 0.1) is 12.1 Å². The average Bonchev–Trinajstić information content (AvgIpc) is 2.43. The van der Waals surface area contributed by atoms with Crippen molar-refractivity contribution in [2.45, 2.75) is 45.2 Å². The van der Waals surface area contributed by atoms with Gasteiger partial charge in [0.15, 0.2) is 0 Å². The minimum Gasteiger partial charge on any atom is -0.197 e. The van der Waals surface area contributed by atoms with E-state index in [1.165, 1.54) is 0 Å². The maximum absolute atomic E-state index is 12.3. The Kier molecular flexibility index (Phi) is 5.38. The second-order valence-corrected chi connectivity index (χ2v) is 5.49. The molecule has 0 amide bonds. The van der Waals surface area contributed by atoms with Crippen molar-refractivity contribution in [3.8, 4) is 12.1 Å². The molecule has 0 unspecified atom stereocenters. The van der Waals surface area contributed by atoms with Gasteiger partial charge < -0.3 is 0 Å². The molecule has 0 aliphatic rings. The highest BCUT2D eigenvalue weighted by Gasteiger charge is 2.37. The molecule has 0 aliphatic heterocycles. The highest BCUT2D eigenvalue weighted by molar-refractivity contribution is 5.29. The highest BCUT2D eigenvalue weighted by atomic mass is 19.4. The standard InChI is InChI=1S/C16H17F3N2/c1-12(2)14-5-3-13(4-6-14)9-15(10-20,11-21)7-8-16(17,18)19/h3-6,12H,7-9H2,1-2H3. The molecule has 0 fully saturated rings. The molecule has 1 rings (SSSR count). The van der Waals surface area contributed by atoms with Crippen LogP contribution in [0.2, 0.25) is 0 Å². The van der Waals surface area contributed by atoms with Crippen molar-refractivity contribution >= 4 is 0 Å². The molecule has 0 spiro atoms. The fourth-order valence-electron chi connectivity index (χ4n) is 2.03. The molecule has 112 valence electrons. The molecule has 0 bridgehead atoms. The van der Waals surface area contributed by atoms with Gasteiger partial charge in [0.1, 0.15) is 5.41 Å². The lowest BCUT2D eigenvalue weighted by atomic mass is 9.80. The Labute approximate surface area is 122 Å². The van der Waals surface area contributed by atoms with Gasteiger partial charge in [0, 0.05) is 12.8 Å². The van der Waals surface area contributed by atoms with E-state index in [-0.39, 0.29) is 6.42 Å². The Morgan fingerprint density at radius 3 is 1.90 bits per heavy atom. The van der Waals surface area contributed by atoms with E-state index in [1.54, 1.807) is 24.3 Å². The van der Waals surface area contributed by atoms with E-state index in [0.29, 0.717) is 11.5 Å². The largest absolute Gasteiger partial charge is 0.389 e. The first-order valence-corrected chi connectivity index (χ1v) is 6.69. The van der Waals surface area contributed by atoms with Crippen LogP contribution < -0.4 is 0 Å². The van der Waals surface area contributed by atoms with Gasteiger partial charge in [0.2, 0.25) is 0 Å². The van der Waals surface area contributed by atoms with Gasteiger partial charge in [-0.15, -0.1) is 0 Å². The van der Waals surface area contributed by atoms with Crippen molar-refractivity contribution < 1.29 is 13.2 Å². The van der Waals surface area contributed by atoms with Gasteiger partial charge in [-0.2, -0.15) is 23.7 Å². The molecule has 0 radical (unpaired) electrons. The van der Waals surface area contributed by atoms with Gasteiger partial charge in [-0.25, -0.2) is 0 Å². The maximum atomic E-state index is 12.3. The van der Waals surface area contributed by atoms with Gasteiger partial charge in [-0.3, -0.25) is 0 Å². The first-order valence-electron chi connectivity index (χ1n) is 6.69. The molecular weight excluding hydrogens is 277 g/mol. The topological polar surface area (TPSA) is 47.6 Å². The molecule has 1 aromatic carbocycles. The smallest absolute Gasteiger partial charge is 0.197 e. The summed E-state index contributed by atoms with van der Waals surface area (Å²) in [6, 6.07) is 10.8. The summed E-state index contributed by atoms with van der Waals surface area (Å²) in [7, 11) is 0. The summed E-state index contributed by atoms with van der Waals surface area (Å²) in [5.41, 5.74) is 0.174. The average molecular weight is 294 g/mol. The number of halogens is 3. The molecular formula is C16H17F3N2. The quantitative estimate of drug-likeness (QED) is 0.788. The van der Waals surface area contributed by atoms with Crippen molar-refractivity contribution in [2.75, 3.05) is 0 Å². The van der Waals surface area contributed by atoms with Crippen molar-refractivity contribution in [3.63, 3.8) is 0 Å². The van der Waals surface area contributed by atoms with Gasteiger partial charge in [-0.05, 0) is 23.5 Å². The molecule has 5 heteroatoms. The lowest BCUT2D eigenvalue weighted by Crippen LogP contribution is -2.23. The number of alkyl halides is 3. The predicted molar refractivity (Wildman–Crippen MR) is 73.2 cm³/mol. The van der Waals surface area contributed by atoms with Gasteiger partial charge in [0.25, 0.3) is 0 Å². The molecule has 0 saturated carbocycles.